The molecule has 1 atom stereocenters. The Labute approximate surface area is 108 Å². The van der Waals surface area contributed by atoms with Gasteiger partial charge in [-0.05, 0) is 25.6 Å². The zero-order chi connectivity index (χ0) is 12.4. The molecule has 1 aliphatic heterocycles. The van der Waals surface area contributed by atoms with Gasteiger partial charge in [0.25, 0.3) is 0 Å². The molecule has 0 saturated carbocycles. The maximum Gasteiger partial charge on any atom is 0.0790 e. The topological polar surface area (TPSA) is 32.5 Å². The van der Waals surface area contributed by atoms with E-state index in [-0.39, 0.29) is 0 Å². The predicted molar refractivity (Wildman–Crippen MR) is 74.8 cm³/mol. The summed E-state index contributed by atoms with van der Waals surface area (Å²) in [5.74, 6) is 0. The molecule has 1 heterocycles. The molecule has 1 aromatic rings. The van der Waals surface area contributed by atoms with Crippen LogP contribution < -0.4 is 10.6 Å². The van der Waals surface area contributed by atoms with Gasteiger partial charge in [0.15, 0.2) is 0 Å². The second-order valence-corrected chi connectivity index (χ2v) is 5.01. The van der Waals surface area contributed by atoms with Crippen molar-refractivity contribution in [1.82, 2.24) is 4.90 Å². The molecule has 4 heteroatoms. The third-order valence-electron chi connectivity index (χ3n) is 3.51. The van der Waals surface area contributed by atoms with E-state index < -0.39 is 0 Å². The minimum Gasteiger partial charge on any atom is -0.397 e. The van der Waals surface area contributed by atoms with Crippen LogP contribution in [0.1, 0.15) is 13.8 Å². The summed E-state index contributed by atoms with van der Waals surface area (Å²) >= 11 is 6.25. The molecule has 2 N–H and O–H groups in total. The second-order valence-electron chi connectivity index (χ2n) is 4.60. The standard InChI is InChI=1S/C13H20ClN3/c1-3-16-7-8-17(9-10(16)2)13-11(14)5-4-6-12(13)15/h4-6,10H,3,7-9,15H2,1-2H3. The monoisotopic (exact) mass is 253 g/mol. The number of halogens is 1. The fourth-order valence-corrected chi connectivity index (χ4v) is 2.84. The zero-order valence-corrected chi connectivity index (χ0v) is 11.2. The quantitative estimate of drug-likeness (QED) is 0.822. The molecule has 1 unspecified atom stereocenters. The van der Waals surface area contributed by atoms with Gasteiger partial charge in [-0.25, -0.2) is 0 Å². The number of para-hydroxylation sites is 1. The Morgan fingerprint density at radius 3 is 2.76 bits per heavy atom. The summed E-state index contributed by atoms with van der Waals surface area (Å²) in [6.45, 7) is 8.61. The maximum absolute atomic E-state index is 6.25. The first-order chi connectivity index (χ1) is 8.13. The summed E-state index contributed by atoms with van der Waals surface area (Å²) < 4.78 is 0. The van der Waals surface area contributed by atoms with E-state index in [0.29, 0.717) is 6.04 Å². The molecule has 1 aliphatic rings. The fraction of sp³-hybridized carbons (Fsp3) is 0.538. The van der Waals surface area contributed by atoms with E-state index >= 15 is 0 Å². The van der Waals surface area contributed by atoms with Crippen LogP contribution in [0.3, 0.4) is 0 Å². The summed E-state index contributed by atoms with van der Waals surface area (Å²) in [7, 11) is 0. The van der Waals surface area contributed by atoms with Crippen molar-refractivity contribution in [2.45, 2.75) is 19.9 Å². The first-order valence-electron chi connectivity index (χ1n) is 6.16. The van der Waals surface area contributed by atoms with Crippen LogP contribution in [0.2, 0.25) is 5.02 Å². The van der Waals surface area contributed by atoms with Gasteiger partial charge >= 0.3 is 0 Å². The molecule has 1 aromatic carbocycles. The lowest BCUT2D eigenvalue weighted by Gasteiger charge is -2.41. The summed E-state index contributed by atoms with van der Waals surface area (Å²) in [5, 5.41) is 0.752. The van der Waals surface area contributed by atoms with E-state index in [4.69, 9.17) is 17.3 Å². The smallest absolute Gasteiger partial charge is 0.0790 e. The SMILES string of the molecule is CCN1CCN(c2c(N)cccc2Cl)CC1C. The molecule has 0 bridgehead atoms. The first kappa shape index (κ1) is 12.5. The van der Waals surface area contributed by atoms with Crippen LogP contribution in [0.5, 0.6) is 0 Å². The Morgan fingerprint density at radius 1 is 1.41 bits per heavy atom. The highest BCUT2D eigenvalue weighted by Gasteiger charge is 2.24. The third-order valence-corrected chi connectivity index (χ3v) is 3.81. The Morgan fingerprint density at radius 2 is 2.18 bits per heavy atom. The Kier molecular flexibility index (Phi) is 3.79. The van der Waals surface area contributed by atoms with Gasteiger partial charge in [-0.3, -0.25) is 4.90 Å². The van der Waals surface area contributed by atoms with E-state index in [2.05, 4.69) is 23.6 Å². The minimum absolute atomic E-state index is 0.546. The number of hydrogen-bond acceptors (Lipinski definition) is 3. The molecule has 94 valence electrons. The van der Waals surface area contributed by atoms with Crippen molar-refractivity contribution in [1.29, 1.82) is 0 Å². The highest BCUT2D eigenvalue weighted by molar-refractivity contribution is 6.34. The number of nitrogen functional groups attached to an aromatic ring is 1. The van der Waals surface area contributed by atoms with Gasteiger partial charge in [0.05, 0.1) is 16.4 Å². The van der Waals surface area contributed by atoms with Crippen LogP contribution in [0.4, 0.5) is 11.4 Å². The van der Waals surface area contributed by atoms with Gasteiger partial charge in [0.1, 0.15) is 0 Å². The molecule has 2 rings (SSSR count). The number of rotatable bonds is 2. The highest BCUT2D eigenvalue weighted by Crippen LogP contribution is 2.33. The summed E-state index contributed by atoms with van der Waals surface area (Å²) in [5.41, 5.74) is 7.79. The summed E-state index contributed by atoms with van der Waals surface area (Å²) in [4.78, 5) is 4.78. The van der Waals surface area contributed by atoms with Crippen molar-refractivity contribution in [2.24, 2.45) is 0 Å². The normalized spacial score (nSPS) is 21.8. The largest absolute Gasteiger partial charge is 0.397 e. The van der Waals surface area contributed by atoms with Crippen LogP contribution in [-0.2, 0) is 0 Å². The van der Waals surface area contributed by atoms with Crippen molar-refractivity contribution >= 4 is 23.0 Å². The average Bonchev–Trinajstić information content (AvgIpc) is 2.29. The van der Waals surface area contributed by atoms with Gasteiger partial charge in [-0.15, -0.1) is 0 Å². The lowest BCUT2D eigenvalue weighted by Crippen LogP contribution is -2.51. The van der Waals surface area contributed by atoms with E-state index in [1.807, 2.05) is 18.2 Å². The van der Waals surface area contributed by atoms with Gasteiger partial charge in [0.2, 0.25) is 0 Å². The molecular weight excluding hydrogens is 234 g/mol. The number of piperazine rings is 1. The molecule has 0 radical (unpaired) electrons. The number of benzene rings is 1. The molecule has 1 saturated heterocycles. The minimum atomic E-state index is 0.546. The maximum atomic E-state index is 6.25. The van der Waals surface area contributed by atoms with E-state index in [9.17, 15) is 0 Å². The van der Waals surface area contributed by atoms with Gasteiger partial charge in [0, 0.05) is 25.7 Å². The number of anilines is 2. The Bertz CT molecular complexity index is 374. The molecule has 0 aromatic heterocycles. The van der Waals surface area contributed by atoms with Crippen LogP contribution in [0.25, 0.3) is 0 Å². The Balaban J connectivity index is 2.19. The molecule has 1 fully saturated rings. The average molecular weight is 254 g/mol. The predicted octanol–water partition coefficient (Wildman–Crippen LogP) is 2.45. The molecular formula is C13H20ClN3. The van der Waals surface area contributed by atoms with Crippen molar-refractivity contribution in [3.05, 3.63) is 23.2 Å². The molecule has 3 nitrogen and oxygen atoms in total. The first-order valence-corrected chi connectivity index (χ1v) is 6.54. The van der Waals surface area contributed by atoms with Gasteiger partial charge in [-0.1, -0.05) is 24.6 Å². The van der Waals surface area contributed by atoms with Gasteiger partial charge < -0.3 is 10.6 Å². The van der Waals surface area contributed by atoms with Crippen LogP contribution in [0, 0.1) is 0 Å². The molecule has 0 spiro atoms. The Hall–Kier alpha value is -0.930. The molecule has 0 amide bonds. The fourth-order valence-electron chi connectivity index (χ4n) is 2.53. The van der Waals surface area contributed by atoms with Crippen molar-refractivity contribution in [3.63, 3.8) is 0 Å². The van der Waals surface area contributed by atoms with E-state index in [1.54, 1.807) is 0 Å². The zero-order valence-electron chi connectivity index (χ0n) is 10.5. The van der Waals surface area contributed by atoms with Crippen molar-refractivity contribution in [2.75, 3.05) is 36.8 Å². The molecule has 17 heavy (non-hydrogen) atoms. The summed E-state index contributed by atoms with van der Waals surface area (Å²) in [6, 6.07) is 6.26. The lowest BCUT2D eigenvalue weighted by molar-refractivity contribution is 0.199. The van der Waals surface area contributed by atoms with Crippen LogP contribution >= 0.6 is 11.6 Å². The van der Waals surface area contributed by atoms with Crippen molar-refractivity contribution < 1.29 is 0 Å². The number of nitrogens with zero attached hydrogens (tertiary/aromatic N) is 2. The number of likely N-dealkylation sites (N-methyl/N-ethyl adjacent to an activating group) is 1. The van der Waals surface area contributed by atoms with E-state index in [0.717, 1.165) is 42.6 Å². The van der Waals surface area contributed by atoms with E-state index in [1.165, 1.54) is 0 Å². The third kappa shape index (κ3) is 2.50. The van der Waals surface area contributed by atoms with Crippen molar-refractivity contribution in [3.8, 4) is 0 Å². The number of hydrogen-bond donors (Lipinski definition) is 1. The highest BCUT2D eigenvalue weighted by atomic mass is 35.5. The summed E-state index contributed by atoms with van der Waals surface area (Å²) in [6.07, 6.45) is 0. The number of nitrogens with two attached hydrogens (primary N) is 1. The van der Waals surface area contributed by atoms with Crippen LogP contribution in [-0.4, -0.2) is 37.1 Å². The van der Waals surface area contributed by atoms with Gasteiger partial charge in [-0.2, -0.15) is 0 Å². The lowest BCUT2D eigenvalue weighted by atomic mass is 10.1. The van der Waals surface area contributed by atoms with Crippen LogP contribution in [0.15, 0.2) is 18.2 Å². The molecule has 0 aliphatic carbocycles. The second kappa shape index (κ2) is 5.15.